The molecule has 0 aromatic rings. The van der Waals surface area contributed by atoms with E-state index in [1.54, 1.807) is 13.8 Å². The van der Waals surface area contributed by atoms with E-state index in [0.29, 0.717) is 6.54 Å². The van der Waals surface area contributed by atoms with Crippen molar-refractivity contribution in [3.63, 3.8) is 0 Å². The quantitative estimate of drug-likeness (QED) is 0.642. The van der Waals surface area contributed by atoms with Crippen LogP contribution in [-0.2, 0) is 14.3 Å². The number of carbonyl (C=O) groups excluding carboxylic acids is 1. The molecule has 0 aromatic heterocycles. The second kappa shape index (κ2) is 7.78. The van der Waals surface area contributed by atoms with Gasteiger partial charge in [-0.1, -0.05) is 12.8 Å². The molecule has 0 unspecified atom stereocenters. The number of carboxylic acids is 1. The summed E-state index contributed by atoms with van der Waals surface area (Å²) >= 11 is 0. The lowest BCUT2D eigenvalue weighted by molar-refractivity contribution is -0.149. The molecule has 1 fully saturated rings. The van der Waals surface area contributed by atoms with Gasteiger partial charge in [-0.05, 0) is 45.4 Å². The van der Waals surface area contributed by atoms with E-state index in [0.717, 1.165) is 32.5 Å². The monoisotopic (exact) mass is 299 g/mol. The van der Waals surface area contributed by atoms with Crippen LogP contribution in [0.2, 0.25) is 0 Å². The number of nitrogens with one attached hydrogen (secondary N) is 1. The highest BCUT2D eigenvalue weighted by Gasteiger charge is 2.35. The minimum Gasteiger partial charge on any atom is -0.481 e. The molecule has 1 saturated carbocycles. The fourth-order valence-electron chi connectivity index (χ4n) is 2.90. The zero-order valence-corrected chi connectivity index (χ0v) is 13.5. The fraction of sp³-hybridized carbons (Fsp3) is 0.875. The lowest BCUT2D eigenvalue weighted by atomic mass is 9.82. The molecule has 0 atom stereocenters. The van der Waals surface area contributed by atoms with Crippen LogP contribution in [0.15, 0.2) is 0 Å². The Kier molecular flexibility index (Phi) is 6.65. The normalized spacial score (nSPS) is 17.7. The van der Waals surface area contributed by atoms with Crippen LogP contribution in [0.4, 0.5) is 0 Å². The average molecular weight is 299 g/mol. The second-order valence-corrected chi connectivity index (χ2v) is 6.80. The van der Waals surface area contributed by atoms with Crippen LogP contribution in [0.5, 0.6) is 0 Å². The smallest absolute Gasteiger partial charge is 0.309 e. The zero-order valence-electron chi connectivity index (χ0n) is 13.5. The van der Waals surface area contributed by atoms with E-state index in [1.807, 2.05) is 6.92 Å². The van der Waals surface area contributed by atoms with E-state index >= 15 is 0 Å². The van der Waals surface area contributed by atoms with Crippen molar-refractivity contribution < 1.29 is 19.4 Å². The number of aliphatic carboxylic acids is 1. The van der Waals surface area contributed by atoms with Crippen molar-refractivity contribution in [3.8, 4) is 0 Å². The van der Waals surface area contributed by atoms with Crippen molar-refractivity contribution >= 4 is 11.9 Å². The summed E-state index contributed by atoms with van der Waals surface area (Å²) in [6.45, 7) is 7.22. The van der Waals surface area contributed by atoms with Gasteiger partial charge in [0, 0.05) is 26.2 Å². The van der Waals surface area contributed by atoms with Crippen LogP contribution in [0.3, 0.4) is 0 Å². The number of amides is 1. The number of ether oxygens (including phenoxy) is 1. The van der Waals surface area contributed by atoms with Gasteiger partial charge in [0.25, 0.3) is 0 Å². The highest BCUT2D eigenvalue weighted by molar-refractivity contribution is 5.84. The molecule has 0 heterocycles. The molecular formula is C16H29NO4. The summed E-state index contributed by atoms with van der Waals surface area (Å²) in [6, 6.07) is 0. The maximum atomic E-state index is 12.0. The summed E-state index contributed by atoms with van der Waals surface area (Å²) in [5.74, 6) is -1.12. The highest BCUT2D eigenvalue weighted by atomic mass is 16.5. The number of carbonyl (C=O) groups is 2. The Morgan fingerprint density at radius 2 is 1.90 bits per heavy atom. The molecule has 5 heteroatoms. The van der Waals surface area contributed by atoms with Crippen LogP contribution in [-0.4, -0.2) is 36.7 Å². The molecule has 0 aliphatic heterocycles. The van der Waals surface area contributed by atoms with E-state index in [9.17, 15) is 9.59 Å². The molecule has 0 aromatic carbocycles. The first-order valence-corrected chi connectivity index (χ1v) is 7.89. The molecule has 21 heavy (non-hydrogen) atoms. The van der Waals surface area contributed by atoms with Gasteiger partial charge in [0.15, 0.2) is 0 Å². The molecule has 0 saturated heterocycles. The third-order valence-electron chi connectivity index (χ3n) is 4.49. The molecule has 122 valence electrons. The number of hydrogen-bond donors (Lipinski definition) is 2. The molecule has 1 aliphatic carbocycles. The van der Waals surface area contributed by atoms with Crippen molar-refractivity contribution in [2.24, 2.45) is 10.8 Å². The fourth-order valence-corrected chi connectivity index (χ4v) is 2.90. The van der Waals surface area contributed by atoms with Crippen molar-refractivity contribution in [2.45, 2.75) is 59.3 Å². The minimum absolute atomic E-state index is 0.0177. The van der Waals surface area contributed by atoms with Crippen molar-refractivity contribution in [1.82, 2.24) is 5.32 Å². The van der Waals surface area contributed by atoms with Crippen LogP contribution < -0.4 is 5.32 Å². The minimum atomic E-state index is -1.02. The Bertz CT molecular complexity index is 359. The largest absolute Gasteiger partial charge is 0.481 e. The third kappa shape index (κ3) is 5.65. The Morgan fingerprint density at radius 1 is 1.29 bits per heavy atom. The summed E-state index contributed by atoms with van der Waals surface area (Å²) in [4.78, 5) is 23.0. The Labute approximate surface area is 127 Å². The van der Waals surface area contributed by atoms with Gasteiger partial charge in [-0.2, -0.15) is 0 Å². The topological polar surface area (TPSA) is 75.6 Å². The van der Waals surface area contributed by atoms with E-state index in [4.69, 9.17) is 9.84 Å². The maximum Gasteiger partial charge on any atom is 0.309 e. The lowest BCUT2D eigenvalue weighted by Crippen LogP contribution is -2.39. The van der Waals surface area contributed by atoms with Gasteiger partial charge in [0.1, 0.15) is 0 Å². The molecule has 5 nitrogen and oxygen atoms in total. The average Bonchev–Trinajstić information content (AvgIpc) is 2.85. The first-order valence-electron chi connectivity index (χ1n) is 7.89. The Balaban J connectivity index is 2.46. The van der Waals surface area contributed by atoms with E-state index in [-0.39, 0.29) is 17.7 Å². The number of carboxylic acid groups (broad SMARTS) is 1. The number of rotatable bonds is 9. The van der Waals surface area contributed by atoms with Gasteiger partial charge in [-0.25, -0.2) is 0 Å². The van der Waals surface area contributed by atoms with E-state index in [2.05, 4.69) is 5.32 Å². The molecule has 0 spiro atoms. The molecule has 0 radical (unpaired) electrons. The first-order chi connectivity index (χ1) is 9.81. The summed E-state index contributed by atoms with van der Waals surface area (Å²) in [5, 5.41) is 12.0. The first kappa shape index (κ1) is 18.0. The summed E-state index contributed by atoms with van der Waals surface area (Å²) < 4.78 is 5.45. The molecule has 1 aliphatic rings. The zero-order chi connectivity index (χ0) is 15.9. The van der Waals surface area contributed by atoms with Crippen molar-refractivity contribution in [3.05, 3.63) is 0 Å². The predicted molar refractivity (Wildman–Crippen MR) is 81.1 cm³/mol. The second-order valence-electron chi connectivity index (χ2n) is 6.80. The SMILES string of the molecule is CCOCCC1(CNC(=O)CC(C)(C)C(=O)O)CCCC1. The number of hydrogen-bond acceptors (Lipinski definition) is 3. The maximum absolute atomic E-state index is 12.0. The summed E-state index contributed by atoms with van der Waals surface area (Å²) in [5.41, 5.74) is -0.879. The molecule has 2 N–H and O–H groups in total. The lowest BCUT2D eigenvalue weighted by Gasteiger charge is -2.30. The summed E-state index contributed by atoms with van der Waals surface area (Å²) in [7, 11) is 0. The van der Waals surface area contributed by atoms with Crippen LogP contribution in [0.25, 0.3) is 0 Å². The van der Waals surface area contributed by atoms with Crippen LogP contribution in [0.1, 0.15) is 59.3 Å². The van der Waals surface area contributed by atoms with Crippen LogP contribution >= 0.6 is 0 Å². The van der Waals surface area contributed by atoms with E-state index < -0.39 is 11.4 Å². The van der Waals surface area contributed by atoms with Crippen molar-refractivity contribution in [1.29, 1.82) is 0 Å². The van der Waals surface area contributed by atoms with E-state index in [1.165, 1.54) is 12.8 Å². The summed E-state index contributed by atoms with van der Waals surface area (Å²) in [6.07, 6.45) is 5.60. The third-order valence-corrected chi connectivity index (χ3v) is 4.49. The standard InChI is InChI=1S/C16H29NO4/c1-4-21-10-9-16(7-5-6-8-16)12-17-13(18)11-15(2,3)14(19)20/h4-12H2,1-3H3,(H,17,18)(H,19,20). The van der Waals surface area contributed by atoms with Crippen LogP contribution in [0, 0.1) is 10.8 Å². The molecular weight excluding hydrogens is 270 g/mol. The Morgan fingerprint density at radius 3 is 2.43 bits per heavy atom. The molecule has 1 amide bonds. The van der Waals surface area contributed by atoms with Gasteiger partial charge in [-0.3, -0.25) is 9.59 Å². The van der Waals surface area contributed by atoms with Gasteiger partial charge in [0.05, 0.1) is 5.41 Å². The molecule has 1 rings (SSSR count). The van der Waals surface area contributed by atoms with Gasteiger partial charge < -0.3 is 15.2 Å². The van der Waals surface area contributed by atoms with Gasteiger partial charge >= 0.3 is 5.97 Å². The predicted octanol–water partition coefficient (Wildman–Crippen LogP) is 2.59. The Hall–Kier alpha value is -1.10. The van der Waals surface area contributed by atoms with Crippen molar-refractivity contribution in [2.75, 3.05) is 19.8 Å². The van der Waals surface area contributed by atoms with Gasteiger partial charge in [-0.15, -0.1) is 0 Å². The highest BCUT2D eigenvalue weighted by Crippen LogP contribution is 2.40. The van der Waals surface area contributed by atoms with Gasteiger partial charge in [0.2, 0.25) is 5.91 Å². The molecule has 0 bridgehead atoms.